The Labute approximate surface area is 76.6 Å². The first-order chi connectivity index (χ1) is 4.29. The summed E-state index contributed by atoms with van der Waals surface area (Å²) >= 11 is 0. The molecule has 0 aromatic heterocycles. The maximum atomic E-state index is 4.57. The van der Waals surface area contributed by atoms with Crippen LogP contribution in [0.5, 0.6) is 0 Å². The zero-order valence-electron chi connectivity index (χ0n) is 6.55. The molecule has 0 spiro atoms. The summed E-state index contributed by atoms with van der Waals surface area (Å²) in [7, 11) is 0. The topological polar surface area (TPSA) is 14.1 Å². The van der Waals surface area contributed by atoms with Crippen molar-refractivity contribution in [2.45, 2.75) is 26.3 Å². The van der Waals surface area contributed by atoms with Crippen molar-refractivity contribution >= 4 is 0 Å². The second-order valence-electron chi connectivity index (χ2n) is 3.76. The van der Waals surface area contributed by atoms with E-state index in [0.29, 0.717) is 0 Å². The van der Waals surface area contributed by atoms with E-state index in [1.54, 1.807) is 0 Å². The summed E-state index contributed by atoms with van der Waals surface area (Å²) < 4.78 is 0. The average Bonchev–Trinajstić information content (AvgIpc) is 2.43. The molecule has 3 atom stereocenters. The van der Waals surface area contributed by atoms with Crippen molar-refractivity contribution in [3.05, 3.63) is 5.32 Å². The van der Waals surface area contributed by atoms with Crippen LogP contribution in [0.3, 0.4) is 0 Å². The zero-order valence-corrected chi connectivity index (χ0v) is 9.26. The minimum atomic E-state index is 0. The zero-order chi connectivity index (χ0) is 6.43. The molecule has 1 aliphatic heterocycles. The van der Waals surface area contributed by atoms with Gasteiger partial charge in [0.2, 0.25) is 0 Å². The van der Waals surface area contributed by atoms with E-state index < -0.39 is 0 Å². The van der Waals surface area contributed by atoms with Crippen LogP contribution < -0.4 is 0 Å². The number of nitrogens with zero attached hydrogens (tertiary/aromatic N) is 1. The Morgan fingerprint density at radius 2 is 2.10 bits per heavy atom. The molecular weight excluding hydrogens is 296 g/mol. The normalized spacial score (nSPS) is 42.9. The van der Waals surface area contributed by atoms with Crippen LogP contribution in [0.25, 0.3) is 5.32 Å². The molecule has 10 heavy (non-hydrogen) atoms. The van der Waals surface area contributed by atoms with Crippen molar-refractivity contribution in [1.82, 2.24) is 0 Å². The second kappa shape index (κ2) is 2.93. The molecule has 2 aliphatic rings. The van der Waals surface area contributed by atoms with E-state index in [4.69, 9.17) is 0 Å². The molecule has 1 nitrogen and oxygen atoms in total. The number of fused-ring (bicyclic) bond motifs is 1. The van der Waals surface area contributed by atoms with Crippen LogP contribution in [0, 0.1) is 17.8 Å². The summed E-state index contributed by atoms with van der Waals surface area (Å²) in [4.78, 5) is 0. The Kier molecular flexibility index (Phi) is 2.55. The molecule has 59 valence electrons. The van der Waals surface area contributed by atoms with Gasteiger partial charge in [0, 0.05) is 20.4 Å². The van der Waals surface area contributed by atoms with E-state index in [2.05, 4.69) is 19.2 Å². The van der Waals surface area contributed by atoms with Gasteiger partial charge in [0.25, 0.3) is 0 Å². The fourth-order valence-electron chi connectivity index (χ4n) is 2.00. The van der Waals surface area contributed by atoms with Gasteiger partial charge < -0.3 is 5.32 Å². The summed E-state index contributed by atoms with van der Waals surface area (Å²) in [5, 5.41) is 4.57. The minimum Gasteiger partial charge on any atom is -0.659 e. The monoisotopic (exact) mass is 311 g/mol. The van der Waals surface area contributed by atoms with Crippen LogP contribution in [0.15, 0.2) is 0 Å². The molecule has 1 radical (unpaired) electrons. The molecule has 1 saturated carbocycles. The molecule has 0 bridgehead atoms. The standard InChI is InChI=1S/C8H14N.Re/c1-5(2)8-7-3-6(7)4-9-8;/h5-8H,3-4H2,1-2H3;/q-1;. The largest absolute Gasteiger partial charge is 0.659 e. The minimum absolute atomic E-state index is 0. The third-order valence-electron chi connectivity index (χ3n) is 2.65. The first kappa shape index (κ1) is 8.72. The summed E-state index contributed by atoms with van der Waals surface area (Å²) in [6.45, 7) is 5.75. The SMILES string of the molecule is CC(C)C1[N-]CC2CC21.[Re]. The first-order valence-electron chi connectivity index (χ1n) is 3.95. The quantitative estimate of drug-likeness (QED) is 0.704. The van der Waals surface area contributed by atoms with Crippen molar-refractivity contribution < 1.29 is 20.4 Å². The number of rotatable bonds is 1. The predicted molar refractivity (Wildman–Crippen MR) is 38.4 cm³/mol. The molecule has 1 saturated heterocycles. The molecular formula is C8H14NRe-. The van der Waals surface area contributed by atoms with Crippen LogP contribution in [0.1, 0.15) is 20.3 Å². The van der Waals surface area contributed by atoms with Gasteiger partial charge in [-0.2, -0.15) is 0 Å². The van der Waals surface area contributed by atoms with E-state index in [1.807, 2.05) is 0 Å². The Morgan fingerprint density at radius 3 is 2.30 bits per heavy atom. The van der Waals surface area contributed by atoms with E-state index in [0.717, 1.165) is 23.8 Å². The summed E-state index contributed by atoms with van der Waals surface area (Å²) in [5.41, 5.74) is 0. The molecule has 2 fully saturated rings. The maximum Gasteiger partial charge on any atom is 0 e. The van der Waals surface area contributed by atoms with E-state index in [1.165, 1.54) is 13.0 Å². The molecule has 0 N–H and O–H groups in total. The van der Waals surface area contributed by atoms with Gasteiger partial charge in [0.05, 0.1) is 0 Å². The van der Waals surface area contributed by atoms with Gasteiger partial charge >= 0.3 is 0 Å². The fourth-order valence-corrected chi connectivity index (χ4v) is 2.00. The van der Waals surface area contributed by atoms with Gasteiger partial charge in [0.15, 0.2) is 0 Å². The molecule has 1 aliphatic carbocycles. The Hall–Kier alpha value is 0.622. The molecule has 2 heteroatoms. The van der Waals surface area contributed by atoms with Crippen LogP contribution in [-0.2, 0) is 20.4 Å². The van der Waals surface area contributed by atoms with E-state index >= 15 is 0 Å². The summed E-state index contributed by atoms with van der Waals surface area (Å²) in [5.74, 6) is 2.81. The molecule has 3 unspecified atom stereocenters. The van der Waals surface area contributed by atoms with Gasteiger partial charge in [0.1, 0.15) is 0 Å². The molecule has 2 rings (SSSR count). The molecule has 0 aromatic rings. The fraction of sp³-hybridized carbons (Fsp3) is 1.00. The summed E-state index contributed by atoms with van der Waals surface area (Å²) in [6, 6.07) is 0.731. The van der Waals surface area contributed by atoms with Crippen molar-refractivity contribution in [2.75, 3.05) is 6.54 Å². The Bertz CT molecular complexity index is 124. The molecule has 0 aromatic carbocycles. The van der Waals surface area contributed by atoms with E-state index in [-0.39, 0.29) is 20.4 Å². The van der Waals surface area contributed by atoms with E-state index in [9.17, 15) is 0 Å². The van der Waals surface area contributed by atoms with Crippen molar-refractivity contribution in [3.8, 4) is 0 Å². The van der Waals surface area contributed by atoms with Crippen molar-refractivity contribution in [1.29, 1.82) is 0 Å². The van der Waals surface area contributed by atoms with Gasteiger partial charge in [-0.1, -0.05) is 38.0 Å². The number of hydrogen-bond acceptors (Lipinski definition) is 0. The van der Waals surface area contributed by atoms with Gasteiger partial charge in [-0.25, -0.2) is 0 Å². The summed E-state index contributed by atoms with van der Waals surface area (Å²) in [6.07, 6.45) is 1.48. The smallest absolute Gasteiger partial charge is 0 e. The van der Waals surface area contributed by atoms with Gasteiger partial charge in [-0.15, -0.1) is 12.6 Å². The van der Waals surface area contributed by atoms with Crippen LogP contribution in [-0.4, -0.2) is 12.6 Å². The number of hydrogen-bond donors (Lipinski definition) is 0. The first-order valence-corrected chi connectivity index (χ1v) is 3.95. The van der Waals surface area contributed by atoms with Crippen LogP contribution >= 0.6 is 0 Å². The van der Waals surface area contributed by atoms with Gasteiger partial charge in [-0.3, -0.25) is 0 Å². The van der Waals surface area contributed by atoms with Crippen molar-refractivity contribution in [3.63, 3.8) is 0 Å². The van der Waals surface area contributed by atoms with Crippen molar-refractivity contribution in [2.24, 2.45) is 17.8 Å². The van der Waals surface area contributed by atoms with Gasteiger partial charge in [-0.05, 0) is 0 Å². The third kappa shape index (κ3) is 1.30. The Morgan fingerprint density at radius 1 is 1.40 bits per heavy atom. The third-order valence-corrected chi connectivity index (χ3v) is 2.65. The average molecular weight is 310 g/mol. The predicted octanol–water partition coefficient (Wildman–Crippen LogP) is 2.03. The van der Waals surface area contributed by atoms with Crippen LogP contribution in [0.2, 0.25) is 0 Å². The second-order valence-corrected chi connectivity index (χ2v) is 3.76. The molecule has 1 heterocycles. The van der Waals surface area contributed by atoms with Crippen LogP contribution in [0.4, 0.5) is 0 Å². The maximum absolute atomic E-state index is 4.57. The number of piperidine rings is 1. The Balaban J connectivity index is 0.000000500. The molecule has 0 amide bonds.